The second kappa shape index (κ2) is 7.66. The van der Waals surface area contributed by atoms with Gasteiger partial charge in [0.2, 0.25) is 5.89 Å². The summed E-state index contributed by atoms with van der Waals surface area (Å²) in [7, 11) is 1.45. The summed E-state index contributed by atoms with van der Waals surface area (Å²) in [5, 5.41) is 40.2. The molecular formula is C22H23N3O7. The van der Waals surface area contributed by atoms with Gasteiger partial charge < -0.3 is 39.7 Å². The summed E-state index contributed by atoms with van der Waals surface area (Å²) in [6.45, 7) is -0.0673. The molecule has 168 valence electrons. The lowest BCUT2D eigenvalue weighted by Gasteiger charge is -2.27. The Morgan fingerprint density at radius 1 is 1.16 bits per heavy atom. The number of nitrogen functional groups attached to an aromatic ring is 1. The van der Waals surface area contributed by atoms with Crippen LogP contribution in [0, 0.1) is 0 Å². The molecule has 0 bridgehead atoms. The van der Waals surface area contributed by atoms with Crippen LogP contribution in [-0.4, -0.2) is 58.0 Å². The van der Waals surface area contributed by atoms with E-state index in [1.165, 1.54) is 7.11 Å². The lowest BCUT2D eigenvalue weighted by molar-refractivity contribution is -0.0956. The van der Waals surface area contributed by atoms with E-state index in [2.05, 4.69) is 10.2 Å². The molecule has 2 heterocycles. The molecule has 32 heavy (non-hydrogen) atoms. The van der Waals surface area contributed by atoms with Crippen LogP contribution in [0.5, 0.6) is 17.2 Å². The third-order valence-corrected chi connectivity index (χ3v) is 6.14. The zero-order chi connectivity index (χ0) is 22.5. The van der Waals surface area contributed by atoms with Crippen molar-refractivity contribution in [2.24, 2.45) is 0 Å². The molecule has 5 N–H and O–H groups in total. The molecule has 2 aromatic carbocycles. The van der Waals surface area contributed by atoms with Gasteiger partial charge in [0.25, 0.3) is 0 Å². The number of aliphatic hydroxyl groups is 3. The number of benzene rings is 2. The van der Waals surface area contributed by atoms with E-state index in [1.807, 2.05) is 30.3 Å². The van der Waals surface area contributed by atoms with Crippen molar-refractivity contribution >= 4 is 6.01 Å². The average Bonchev–Trinajstić information content (AvgIpc) is 3.42. The summed E-state index contributed by atoms with van der Waals surface area (Å²) in [5.74, 6) is -0.176. The molecule has 1 aromatic heterocycles. The maximum atomic E-state index is 11.9. The molecule has 1 aliphatic heterocycles. The molecular weight excluding hydrogens is 418 g/mol. The smallest absolute Gasteiger partial charge is 0.312 e. The van der Waals surface area contributed by atoms with Gasteiger partial charge >= 0.3 is 6.01 Å². The maximum Gasteiger partial charge on any atom is 0.312 e. The Morgan fingerprint density at radius 2 is 1.94 bits per heavy atom. The van der Waals surface area contributed by atoms with Crippen LogP contribution < -0.4 is 19.9 Å². The Kier molecular flexibility index (Phi) is 4.92. The van der Waals surface area contributed by atoms with E-state index >= 15 is 0 Å². The summed E-state index contributed by atoms with van der Waals surface area (Å²) in [4.78, 5) is 0. The molecule has 1 saturated carbocycles. The highest BCUT2D eigenvalue weighted by atomic mass is 16.5. The third kappa shape index (κ3) is 2.91. The second-order valence-corrected chi connectivity index (χ2v) is 7.82. The van der Waals surface area contributed by atoms with E-state index in [0.717, 1.165) is 5.56 Å². The number of methoxy groups -OCH3 is 1. The van der Waals surface area contributed by atoms with Crippen LogP contribution in [0.25, 0.3) is 0 Å². The third-order valence-electron chi connectivity index (χ3n) is 6.14. The minimum Gasteiger partial charge on any atom is -0.496 e. The number of hydrogen-bond donors (Lipinski definition) is 4. The van der Waals surface area contributed by atoms with E-state index < -0.39 is 29.6 Å². The molecule has 5 atom stereocenters. The molecule has 1 aliphatic carbocycles. The van der Waals surface area contributed by atoms with Gasteiger partial charge in [0, 0.05) is 18.1 Å². The van der Waals surface area contributed by atoms with Gasteiger partial charge in [0.1, 0.15) is 36.1 Å². The lowest BCUT2D eigenvalue weighted by atomic mass is 9.86. The fourth-order valence-corrected chi connectivity index (χ4v) is 4.88. The van der Waals surface area contributed by atoms with Crippen molar-refractivity contribution in [3.8, 4) is 17.2 Å². The number of ether oxygens (including phenoxy) is 3. The van der Waals surface area contributed by atoms with Crippen LogP contribution >= 0.6 is 0 Å². The lowest BCUT2D eigenvalue weighted by Crippen LogP contribution is -2.43. The molecule has 0 spiro atoms. The van der Waals surface area contributed by atoms with Crippen LogP contribution in [0.4, 0.5) is 6.01 Å². The predicted octanol–water partition coefficient (Wildman–Crippen LogP) is 0.922. The molecule has 3 aromatic rings. The Morgan fingerprint density at radius 3 is 2.59 bits per heavy atom. The van der Waals surface area contributed by atoms with E-state index in [9.17, 15) is 10.2 Å². The van der Waals surface area contributed by atoms with E-state index in [0.29, 0.717) is 17.1 Å². The summed E-state index contributed by atoms with van der Waals surface area (Å²) in [6.07, 6.45) is -2.24. The molecule has 2 aliphatic rings. The molecule has 10 nitrogen and oxygen atoms in total. The molecule has 5 rings (SSSR count). The molecule has 0 radical (unpaired) electrons. The minimum absolute atomic E-state index is 0.0889. The maximum absolute atomic E-state index is 11.9. The highest BCUT2D eigenvalue weighted by Crippen LogP contribution is 2.62. The van der Waals surface area contributed by atoms with Gasteiger partial charge in [0.15, 0.2) is 5.60 Å². The van der Waals surface area contributed by atoms with Gasteiger partial charge in [-0.05, 0) is 5.56 Å². The first-order valence-corrected chi connectivity index (χ1v) is 10.2. The van der Waals surface area contributed by atoms with Crippen molar-refractivity contribution in [2.75, 3.05) is 26.1 Å². The fourth-order valence-electron chi connectivity index (χ4n) is 4.88. The topological polar surface area (TPSA) is 153 Å². The quantitative estimate of drug-likeness (QED) is 0.434. The molecule has 1 fully saturated rings. The SMILES string of the molecule is COc1cc(OCCO)cc2c1[C@]1(O)C(O)C(c3nnc(N)o3)[C@@H](c3ccccc3)C1O2. The Balaban J connectivity index is 1.66. The van der Waals surface area contributed by atoms with Crippen molar-refractivity contribution in [3.05, 3.63) is 59.5 Å². The number of hydrogen-bond acceptors (Lipinski definition) is 10. The van der Waals surface area contributed by atoms with Gasteiger partial charge in [0.05, 0.1) is 25.2 Å². The van der Waals surface area contributed by atoms with E-state index in [1.54, 1.807) is 12.1 Å². The van der Waals surface area contributed by atoms with Crippen molar-refractivity contribution < 1.29 is 33.9 Å². The van der Waals surface area contributed by atoms with Crippen LogP contribution in [0.3, 0.4) is 0 Å². The fraction of sp³-hybridized carbons (Fsp3) is 0.364. The highest BCUT2D eigenvalue weighted by molar-refractivity contribution is 5.59. The zero-order valence-corrected chi connectivity index (χ0v) is 17.2. The summed E-state index contributed by atoms with van der Waals surface area (Å²) in [6, 6.07) is 12.4. The van der Waals surface area contributed by atoms with Gasteiger partial charge in [-0.2, -0.15) is 0 Å². The summed E-state index contributed by atoms with van der Waals surface area (Å²) >= 11 is 0. The number of aromatic nitrogens is 2. The van der Waals surface area contributed by atoms with Crippen molar-refractivity contribution in [2.45, 2.75) is 29.6 Å². The van der Waals surface area contributed by atoms with Gasteiger partial charge in [-0.15, -0.1) is 5.10 Å². The first kappa shape index (κ1) is 20.6. The van der Waals surface area contributed by atoms with Crippen LogP contribution in [-0.2, 0) is 5.60 Å². The van der Waals surface area contributed by atoms with Gasteiger partial charge in [-0.1, -0.05) is 35.4 Å². The van der Waals surface area contributed by atoms with Crippen LogP contribution in [0.2, 0.25) is 0 Å². The molecule has 10 heteroatoms. The largest absolute Gasteiger partial charge is 0.496 e. The number of rotatable bonds is 6. The zero-order valence-electron chi connectivity index (χ0n) is 17.2. The minimum atomic E-state index is -1.83. The molecule has 0 amide bonds. The number of anilines is 1. The summed E-state index contributed by atoms with van der Waals surface area (Å²) < 4.78 is 22.7. The van der Waals surface area contributed by atoms with Crippen LogP contribution in [0.1, 0.15) is 28.9 Å². The summed E-state index contributed by atoms with van der Waals surface area (Å²) in [5.41, 5.74) is 4.93. The monoisotopic (exact) mass is 441 g/mol. The first-order valence-electron chi connectivity index (χ1n) is 10.2. The predicted molar refractivity (Wildman–Crippen MR) is 111 cm³/mol. The van der Waals surface area contributed by atoms with Crippen LogP contribution in [0.15, 0.2) is 46.9 Å². The number of aliphatic hydroxyl groups excluding tert-OH is 2. The number of nitrogens with two attached hydrogens (primary N) is 1. The Hall–Kier alpha value is -3.34. The normalized spacial score (nSPS) is 28.1. The standard InChI is InChI=1S/C22H23N3O7/c1-29-13-9-12(30-8-7-26)10-14-17(13)22(28)18(27)16(20-24-25-21(23)32-20)15(19(22)31-14)11-5-3-2-4-6-11/h2-6,9-10,15-16,18-19,26-28H,7-8H2,1H3,(H2,23,25)/t15-,16?,18?,19?,22+/m1/s1. The van der Waals surface area contributed by atoms with Crippen molar-refractivity contribution in [1.82, 2.24) is 10.2 Å². The molecule has 0 saturated heterocycles. The average molecular weight is 441 g/mol. The van der Waals surface area contributed by atoms with Crippen molar-refractivity contribution in [3.63, 3.8) is 0 Å². The van der Waals surface area contributed by atoms with Gasteiger partial charge in [-0.25, -0.2) is 0 Å². The van der Waals surface area contributed by atoms with Crippen molar-refractivity contribution in [1.29, 1.82) is 0 Å². The number of fused-ring (bicyclic) bond motifs is 3. The first-order chi connectivity index (χ1) is 15.5. The van der Waals surface area contributed by atoms with E-state index in [-0.39, 0.29) is 30.9 Å². The van der Waals surface area contributed by atoms with Gasteiger partial charge in [-0.3, -0.25) is 0 Å². The molecule has 3 unspecified atom stereocenters. The Bertz CT molecular complexity index is 1120. The second-order valence-electron chi connectivity index (χ2n) is 7.82. The van der Waals surface area contributed by atoms with E-state index in [4.69, 9.17) is 29.5 Å². The Labute approximate surface area is 183 Å². The highest BCUT2D eigenvalue weighted by Gasteiger charge is 2.68. The number of nitrogens with zero attached hydrogens (tertiary/aromatic N) is 2.